The topological polar surface area (TPSA) is 74.6 Å². The van der Waals surface area contributed by atoms with Crippen LogP contribution < -0.4 is 0 Å². The molecule has 0 amide bonds. The third-order valence-corrected chi connectivity index (χ3v) is 7.71. The van der Waals surface area contributed by atoms with Gasteiger partial charge in [0.05, 0.1) is 0 Å². The third kappa shape index (κ3) is 2.01. The Labute approximate surface area is 148 Å². The first-order valence-electron chi connectivity index (χ1n) is 9.27. The summed E-state index contributed by atoms with van der Waals surface area (Å²) in [4.78, 5) is 24.1. The maximum absolute atomic E-state index is 12.3. The number of carbonyl (C=O) groups excluding carboxylic acids is 2. The molecule has 0 aromatic carbocycles. The molecule has 4 aliphatic carbocycles. The van der Waals surface area contributed by atoms with Crippen LogP contribution in [0.4, 0.5) is 0 Å². The van der Waals surface area contributed by atoms with Gasteiger partial charge in [-0.05, 0) is 63.0 Å². The summed E-state index contributed by atoms with van der Waals surface area (Å²) in [5, 5.41) is 20.5. The number of aliphatic hydroxyl groups is 2. The van der Waals surface area contributed by atoms with Crippen LogP contribution >= 0.6 is 0 Å². The van der Waals surface area contributed by atoms with Crippen LogP contribution in [0.5, 0.6) is 0 Å². The van der Waals surface area contributed by atoms with Gasteiger partial charge in [0.15, 0.2) is 11.6 Å². The van der Waals surface area contributed by atoms with Gasteiger partial charge in [0.2, 0.25) is 0 Å². The van der Waals surface area contributed by atoms with Crippen LogP contribution in [0.3, 0.4) is 0 Å². The molecule has 0 radical (unpaired) electrons. The number of Topliss-reactive ketones (excluding diaryl/α,β-unsaturated/α-hetero) is 1. The number of carbonyl (C=O) groups is 2. The number of hydrogen-bond acceptors (Lipinski definition) is 4. The molecule has 4 nitrogen and oxygen atoms in total. The van der Waals surface area contributed by atoms with Gasteiger partial charge in [-0.25, -0.2) is 0 Å². The molecule has 4 rings (SSSR count). The van der Waals surface area contributed by atoms with Crippen LogP contribution in [0, 0.1) is 22.7 Å². The second-order valence-corrected chi connectivity index (χ2v) is 8.62. The van der Waals surface area contributed by atoms with Crippen molar-refractivity contribution >= 4 is 11.6 Å². The molecule has 0 spiro atoms. The highest BCUT2D eigenvalue weighted by molar-refractivity contribution is 6.01. The molecule has 25 heavy (non-hydrogen) atoms. The van der Waals surface area contributed by atoms with Crippen molar-refractivity contribution in [2.24, 2.45) is 22.7 Å². The Hall–Kier alpha value is -1.52. The molecule has 2 fully saturated rings. The predicted molar refractivity (Wildman–Crippen MR) is 93.6 cm³/mol. The standard InChI is InChI=1S/C21H26O4/c1-19-8-5-14(23)11-13(19)3-4-15-16(19)6-9-20(2)17(15)7-10-21(20,25)18(24)12-22/h5-6,8,11,15,17,22,25H,3-4,7,9-10,12H2,1-2H3/t15?,17?,19-,20-,21-/m0/s1. The lowest BCUT2D eigenvalue weighted by atomic mass is 9.51. The van der Waals surface area contributed by atoms with E-state index in [-0.39, 0.29) is 17.1 Å². The van der Waals surface area contributed by atoms with Gasteiger partial charge in [-0.2, -0.15) is 0 Å². The number of fused-ring (bicyclic) bond motifs is 5. The second kappa shape index (κ2) is 5.24. The first-order valence-corrected chi connectivity index (χ1v) is 9.27. The summed E-state index contributed by atoms with van der Waals surface area (Å²) in [6, 6.07) is 0. The van der Waals surface area contributed by atoms with Crippen molar-refractivity contribution in [3.05, 3.63) is 35.5 Å². The van der Waals surface area contributed by atoms with Gasteiger partial charge in [-0.3, -0.25) is 9.59 Å². The van der Waals surface area contributed by atoms with E-state index in [1.807, 2.05) is 13.0 Å². The molecule has 0 heterocycles. The van der Waals surface area contributed by atoms with E-state index in [1.165, 1.54) is 11.1 Å². The fourth-order valence-corrected chi connectivity index (χ4v) is 6.12. The largest absolute Gasteiger partial charge is 0.388 e. The molecular formula is C21H26O4. The molecule has 5 atom stereocenters. The van der Waals surface area contributed by atoms with Gasteiger partial charge in [0.25, 0.3) is 0 Å². The fraction of sp³-hybridized carbons (Fsp3) is 0.619. The minimum absolute atomic E-state index is 0.0657. The summed E-state index contributed by atoms with van der Waals surface area (Å²) in [6.07, 6.45) is 11.4. The van der Waals surface area contributed by atoms with E-state index in [4.69, 9.17) is 0 Å². The smallest absolute Gasteiger partial charge is 0.190 e. The van der Waals surface area contributed by atoms with Crippen molar-refractivity contribution in [1.82, 2.24) is 0 Å². The third-order valence-electron chi connectivity index (χ3n) is 7.71. The van der Waals surface area contributed by atoms with Crippen molar-refractivity contribution in [3.63, 3.8) is 0 Å². The van der Waals surface area contributed by atoms with E-state index in [9.17, 15) is 19.8 Å². The molecule has 0 aliphatic heterocycles. The Morgan fingerprint density at radius 3 is 2.80 bits per heavy atom. The van der Waals surface area contributed by atoms with Gasteiger partial charge in [0, 0.05) is 10.8 Å². The van der Waals surface area contributed by atoms with E-state index in [0.717, 1.165) is 19.3 Å². The maximum atomic E-state index is 12.3. The van der Waals surface area contributed by atoms with Crippen LogP contribution in [0.25, 0.3) is 0 Å². The number of rotatable bonds is 2. The Morgan fingerprint density at radius 1 is 1.32 bits per heavy atom. The lowest BCUT2D eigenvalue weighted by Gasteiger charge is -2.53. The van der Waals surface area contributed by atoms with Crippen LogP contribution in [0.1, 0.15) is 46.0 Å². The fourth-order valence-electron chi connectivity index (χ4n) is 6.12. The van der Waals surface area contributed by atoms with Crippen molar-refractivity contribution in [1.29, 1.82) is 0 Å². The summed E-state index contributed by atoms with van der Waals surface area (Å²) < 4.78 is 0. The highest BCUT2D eigenvalue weighted by Gasteiger charge is 2.64. The Bertz CT molecular complexity index is 745. The van der Waals surface area contributed by atoms with Crippen LogP contribution in [0.2, 0.25) is 0 Å². The minimum atomic E-state index is -1.43. The van der Waals surface area contributed by atoms with Crippen LogP contribution in [0.15, 0.2) is 35.5 Å². The molecule has 2 saturated carbocycles. The van der Waals surface area contributed by atoms with Gasteiger partial charge in [-0.15, -0.1) is 0 Å². The summed E-state index contributed by atoms with van der Waals surface area (Å²) in [7, 11) is 0. The summed E-state index contributed by atoms with van der Waals surface area (Å²) in [5.74, 6) is 0.174. The lowest BCUT2D eigenvalue weighted by Crippen LogP contribution is -2.55. The first kappa shape index (κ1) is 16.9. The summed E-state index contributed by atoms with van der Waals surface area (Å²) in [6.45, 7) is 3.59. The predicted octanol–water partition coefficient (Wildman–Crippen LogP) is 2.51. The number of aliphatic hydroxyl groups excluding tert-OH is 1. The number of allylic oxidation sites excluding steroid dienone is 6. The molecule has 0 aromatic rings. The SMILES string of the molecule is C[C@]12C=CC(=O)C=C1CCC1C2=CC[C@@]2(C)C1CC[C@]2(O)C(=O)CO. The minimum Gasteiger partial charge on any atom is -0.388 e. The molecule has 4 heteroatoms. The van der Waals surface area contributed by atoms with Gasteiger partial charge in [0.1, 0.15) is 12.2 Å². The first-order chi connectivity index (χ1) is 11.8. The molecule has 0 bridgehead atoms. The van der Waals surface area contributed by atoms with E-state index >= 15 is 0 Å². The zero-order valence-electron chi connectivity index (χ0n) is 14.9. The van der Waals surface area contributed by atoms with Gasteiger partial charge < -0.3 is 10.2 Å². The summed E-state index contributed by atoms with van der Waals surface area (Å²) in [5.41, 5.74) is 0.374. The molecule has 0 aromatic heterocycles. The van der Waals surface area contributed by atoms with Crippen molar-refractivity contribution in [2.45, 2.75) is 51.6 Å². The van der Waals surface area contributed by atoms with E-state index in [0.29, 0.717) is 18.8 Å². The van der Waals surface area contributed by atoms with Crippen molar-refractivity contribution in [3.8, 4) is 0 Å². The number of ketones is 2. The molecule has 2 N–H and O–H groups in total. The summed E-state index contributed by atoms with van der Waals surface area (Å²) >= 11 is 0. The van der Waals surface area contributed by atoms with Crippen molar-refractivity contribution in [2.75, 3.05) is 6.61 Å². The number of hydrogen-bond donors (Lipinski definition) is 2. The van der Waals surface area contributed by atoms with E-state index in [1.54, 1.807) is 12.2 Å². The van der Waals surface area contributed by atoms with Crippen molar-refractivity contribution < 1.29 is 19.8 Å². The molecule has 2 unspecified atom stereocenters. The quantitative estimate of drug-likeness (QED) is 0.756. The molecule has 4 aliphatic rings. The van der Waals surface area contributed by atoms with E-state index < -0.39 is 23.4 Å². The average molecular weight is 342 g/mol. The molecular weight excluding hydrogens is 316 g/mol. The zero-order chi connectivity index (χ0) is 18.0. The van der Waals surface area contributed by atoms with Gasteiger partial charge >= 0.3 is 0 Å². The highest BCUT2D eigenvalue weighted by atomic mass is 16.3. The van der Waals surface area contributed by atoms with Crippen LogP contribution in [-0.2, 0) is 9.59 Å². The average Bonchev–Trinajstić information content (AvgIpc) is 2.87. The van der Waals surface area contributed by atoms with Gasteiger partial charge in [-0.1, -0.05) is 30.2 Å². The maximum Gasteiger partial charge on any atom is 0.190 e. The highest BCUT2D eigenvalue weighted by Crippen LogP contribution is 2.64. The second-order valence-electron chi connectivity index (χ2n) is 8.62. The Morgan fingerprint density at radius 2 is 2.08 bits per heavy atom. The Kier molecular flexibility index (Phi) is 3.55. The lowest BCUT2D eigenvalue weighted by molar-refractivity contribution is -0.155. The Balaban J connectivity index is 1.77. The normalized spacial score (nSPS) is 45.2. The zero-order valence-corrected chi connectivity index (χ0v) is 14.9. The monoisotopic (exact) mass is 342 g/mol. The van der Waals surface area contributed by atoms with Crippen LogP contribution in [-0.4, -0.2) is 34.0 Å². The molecule has 0 saturated heterocycles. The van der Waals surface area contributed by atoms with E-state index in [2.05, 4.69) is 13.0 Å². The molecule has 134 valence electrons.